The largest absolute Gasteiger partial charge is 0.441 e. The fourth-order valence-electron chi connectivity index (χ4n) is 3.81. The van der Waals surface area contributed by atoms with Crippen molar-refractivity contribution in [2.45, 2.75) is 38.6 Å². The molecular weight excluding hydrogens is 509 g/mol. The molecule has 0 aliphatic carbocycles. The number of nitrogens with one attached hydrogen (secondary N) is 1. The van der Waals surface area contributed by atoms with Crippen molar-refractivity contribution in [1.29, 1.82) is 0 Å². The van der Waals surface area contributed by atoms with Gasteiger partial charge in [-0.3, -0.25) is 9.59 Å². The van der Waals surface area contributed by atoms with Crippen LogP contribution in [0.4, 0.5) is 13.2 Å². The molecule has 0 fully saturated rings. The van der Waals surface area contributed by atoms with Gasteiger partial charge in [-0.1, -0.05) is 37.6 Å². The first-order valence-corrected chi connectivity index (χ1v) is 13.0. The standard InChI is InChI=1S/C27H32ClF3N2O2S/c1-5-20(6-11-25(34)21-7-9-23(28)10-8-21)16-33(4)17-22-15-24(19(3)14-18(22)2)26(35)32-12-13-36-27(29,30)31/h7-10,14-15,17,20H,2,5-6,11-13,16H2,1,3-4H3,(H,32,35)/b22-17-. The molecule has 1 N–H and O–H groups in total. The van der Waals surface area contributed by atoms with Gasteiger partial charge < -0.3 is 10.2 Å². The molecular formula is C27H32ClF3N2O2S. The van der Waals surface area contributed by atoms with Crippen molar-refractivity contribution in [3.05, 3.63) is 68.5 Å². The predicted octanol–water partition coefficient (Wildman–Crippen LogP) is 5.40. The monoisotopic (exact) mass is 540 g/mol. The Morgan fingerprint density at radius 2 is 1.89 bits per heavy atom. The van der Waals surface area contributed by atoms with Gasteiger partial charge in [0.1, 0.15) is 0 Å². The Morgan fingerprint density at radius 3 is 2.50 bits per heavy atom. The SMILES string of the molecule is C=c1cc(C)c(C(=O)NCCSC(F)(F)F)c/c1=C/N(C)CC(CC)CCC(=O)c1ccc(Cl)cc1. The van der Waals surface area contributed by atoms with Crippen LogP contribution in [0.1, 0.15) is 52.5 Å². The van der Waals surface area contributed by atoms with Crippen LogP contribution in [-0.2, 0) is 0 Å². The first-order chi connectivity index (χ1) is 16.9. The van der Waals surface area contributed by atoms with Crippen LogP contribution in [0.3, 0.4) is 0 Å². The molecule has 9 heteroatoms. The van der Waals surface area contributed by atoms with Gasteiger partial charge in [0, 0.05) is 54.7 Å². The molecule has 0 aliphatic heterocycles. The molecule has 1 amide bonds. The number of carbonyl (C=O) groups excluding carboxylic acids is 2. The molecule has 196 valence electrons. The van der Waals surface area contributed by atoms with E-state index in [1.165, 1.54) is 0 Å². The molecule has 0 aliphatic rings. The van der Waals surface area contributed by atoms with Crippen molar-refractivity contribution in [3.63, 3.8) is 0 Å². The molecule has 0 heterocycles. The van der Waals surface area contributed by atoms with Crippen LogP contribution in [-0.4, -0.2) is 48.0 Å². The third-order valence-corrected chi connectivity index (χ3v) is 6.80. The maximum atomic E-state index is 12.6. The van der Waals surface area contributed by atoms with E-state index in [9.17, 15) is 22.8 Å². The van der Waals surface area contributed by atoms with E-state index < -0.39 is 11.4 Å². The number of thioether (sulfide) groups is 1. The number of nitrogens with zero attached hydrogens (tertiary/aromatic N) is 1. The van der Waals surface area contributed by atoms with Gasteiger partial charge in [0.15, 0.2) is 5.78 Å². The number of alkyl halides is 3. The van der Waals surface area contributed by atoms with Gasteiger partial charge in [-0.2, -0.15) is 13.2 Å². The number of hydrogen-bond donors (Lipinski definition) is 1. The highest BCUT2D eigenvalue weighted by atomic mass is 35.5. The van der Waals surface area contributed by atoms with Crippen LogP contribution in [0.2, 0.25) is 5.02 Å². The number of carbonyl (C=O) groups is 2. The molecule has 0 saturated heterocycles. The number of Topliss-reactive ketones (excluding diaryl/α,β-unsaturated/α-hetero) is 1. The van der Waals surface area contributed by atoms with E-state index in [4.69, 9.17) is 11.6 Å². The van der Waals surface area contributed by atoms with Gasteiger partial charge in [0.25, 0.3) is 5.91 Å². The van der Waals surface area contributed by atoms with Crippen molar-refractivity contribution in [3.8, 4) is 0 Å². The summed E-state index contributed by atoms with van der Waals surface area (Å²) in [7, 11) is 1.93. The lowest BCUT2D eigenvalue weighted by atomic mass is 9.96. The van der Waals surface area contributed by atoms with Crippen LogP contribution < -0.4 is 15.8 Å². The molecule has 36 heavy (non-hydrogen) atoms. The lowest BCUT2D eigenvalue weighted by molar-refractivity contribution is -0.0327. The second kappa shape index (κ2) is 13.7. The Labute approximate surface area is 219 Å². The normalized spacial score (nSPS) is 12.9. The fourth-order valence-corrected chi connectivity index (χ4v) is 4.37. The van der Waals surface area contributed by atoms with Crippen molar-refractivity contribution < 1.29 is 22.8 Å². The van der Waals surface area contributed by atoms with Crippen LogP contribution in [0.5, 0.6) is 0 Å². The summed E-state index contributed by atoms with van der Waals surface area (Å²) in [6, 6.07) is 10.4. The molecule has 4 nitrogen and oxygen atoms in total. The lowest BCUT2D eigenvalue weighted by Crippen LogP contribution is -2.33. The minimum absolute atomic E-state index is 0.0829. The summed E-state index contributed by atoms with van der Waals surface area (Å²) >= 11 is 5.73. The fraction of sp³-hybridized carbons (Fsp3) is 0.407. The van der Waals surface area contributed by atoms with Gasteiger partial charge in [-0.05, 0) is 77.4 Å². The van der Waals surface area contributed by atoms with Crippen molar-refractivity contribution in [1.82, 2.24) is 10.2 Å². The second-order valence-corrected chi connectivity index (χ2v) is 10.3. The van der Waals surface area contributed by atoms with E-state index in [-0.39, 0.29) is 35.8 Å². The molecule has 2 aromatic rings. The number of hydrogen-bond acceptors (Lipinski definition) is 4. The summed E-state index contributed by atoms with van der Waals surface area (Å²) in [4.78, 5) is 27.1. The average Bonchev–Trinajstić information content (AvgIpc) is 2.80. The second-order valence-electron chi connectivity index (χ2n) is 8.73. The molecule has 0 bridgehead atoms. The van der Waals surface area contributed by atoms with E-state index >= 15 is 0 Å². The Kier molecular flexibility index (Phi) is 11.4. The van der Waals surface area contributed by atoms with E-state index in [0.717, 1.165) is 23.3 Å². The van der Waals surface area contributed by atoms with Gasteiger partial charge in [0.05, 0.1) is 0 Å². The minimum Gasteiger partial charge on any atom is -0.380 e. The molecule has 0 aromatic heterocycles. The van der Waals surface area contributed by atoms with E-state index in [1.807, 2.05) is 18.1 Å². The van der Waals surface area contributed by atoms with Gasteiger partial charge in [-0.25, -0.2) is 0 Å². The highest BCUT2D eigenvalue weighted by Crippen LogP contribution is 2.29. The highest BCUT2D eigenvalue weighted by molar-refractivity contribution is 8.00. The molecule has 1 unspecified atom stereocenters. The van der Waals surface area contributed by atoms with Crippen LogP contribution >= 0.6 is 23.4 Å². The number of ketones is 1. The zero-order chi connectivity index (χ0) is 26.9. The summed E-state index contributed by atoms with van der Waals surface area (Å²) in [6.07, 6.45) is 3.99. The molecule has 1 atom stereocenters. The topological polar surface area (TPSA) is 49.4 Å². The Balaban J connectivity index is 2.03. The summed E-state index contributed by atoms with van der Waals surface area (Å²) in [5.74, 6) is -0.294. The molecule has 0 spiro atoms. The summed E-state index contributed by atoms with van der Waals surface area (Å²) < 4.78 is 36.9. The maximum absolute atomic E-state index is 12.6. The number of amides is 1. The van der Waals surface area contributed by atoms with Crippen molar-refractivity contribution in [2.24, 2.45) is 5.92 Å². The van der Waals surface area contributed by atoms with E-state index in [1.54, 1.807) is 43.3 Å². The van der Waals surface area contributed by atoms with Crippen molar-refractivity contribution >= 4 is 47.8 Å². The number of rotatable bonds is 12. The summed E-state index contributed by atoms with van der Waals surface area (Å²) in [6.45, 7) is 8.55. The van der Waals surface area contributed by atoms with Crippen LogP contribution in [0.15, 0.2) is 36.4 Å². The van der Waals surface area contributed by atoms with Gasteiger partial charge in [0.2, 0.25) is 0 Å². The Morgan fingerprint density at radius 1 is 1.22 bits per heavy atom. The zero-order valence-electron chi connectivity index (χ0n) is 20.8. The molecule has 2 aromatic carbocycles. The highest BCUT2D eigenvalue weighted by Gasteiger charge is 2.27. The zero-order valence-corrected chi connectivity index (χ0v) is 22.3. The van der Waals surface area contributed by atoms with E-state index in [2.05, 4.69) is 18.8 Å². The Hall–Kier alpha value is -2.45. The summed E-state index contributed by atoms with van der Waals surface area (Å²) in [5, 5.41) is 4.64. The quantitative estimate of drug-likeness (QED) is 0.289. The smallest absolute Gasteiger partial charge is 0.380 e. The van der Waals surface area contributed by atoms with Crippen LogP contribution in [0, 0.1) is 12.8 Å². The number of halogens is 4. The third-order valence-electron chi connectivity index (χ3n) is 5.81. The van der Waals surface area contributed by atoms with Crippen molar-refractivity contribution in [2.75, 3.05) is 25.9 Å². The Bertz CT molecular complexity index is 1150. The number of benzene rings is 2. The molecule has 0 radical (unpaired) electrons. The average molecular weight is 541 g/mol. The van der Waals surface area contributed by atoms with Crippen LogP contribution in [0.25, 0.3) is 12.8 Å². The first-order valence-electron chi connectivity index (χ1n) is 11.7. The van der Waals surface area contributed by atoms with Gasteiger partial charge in [-0.15, -0.1) is 0 Å². The minimum atomic E-state index is -4.32. The predicted molar refractivity (Wildman–Crippen MR) is 143 cm³/mol. The number of aryl methyl sites for hydroxylation is 1. The van der Waals surface area contributed by atoms with E-state index in [0.29, 0.717) is 34.7 Å². The maximum Gasteiger partial charge on any atom is 0.441 e. The summed E-state index contributed by atoms with van der Waals surface area (Å²) in [5.41, 5.74) is -2.56. The molecule has 2 rings (SSSR count). The third kappa shape index (κ3) is 9.90. The van der Waals surface area contributed by atoms with Gasteiger partial charge >= 0.3 is 5.51 Å². The molecule has 0 saturated carbocycles. The first kappa shape index (κ1) is 29.8. The lowest BCUT2D eigenvalue weighted by Gasteiger charge is -2.22.